The maximum absolute atomic E-state index is 4.50. The highest BCUT2D eigenvalue weighted by Gasteiger charge is 2.07. The molecule has 3 aromatic rings. The Hall–Kier alpha value is -1.46. The fourth-order valence-corrected chi connectivity index (χ4v) is 3.28. The van der Waals surface area contributed by atoms with Gasteiger partial charge in [-0.3, -0.25) is 0 Å². The molecule has 0 saturated heterocycles. The third-order valence-corrected chi connectivity index (χ3v) is 4.26. The van der Waals surface area contributed by atoms with Crippen LogP contribution in [0.1, 0.15) is 12.5 Å². The van der Waals surface area contributed by atoms with Gasteiger partial charge in [-0.2, -0.15) is 11.3 Å². The summed E-state index contributed by atoms with van der Waals surface area (Å²) < 4.78 is 0. The van der Waals surface area contributed by atoms with Gasteiger partial charge < -0.3 is 5.32 Å². The van der Waals surface area contributed by atoms with Crippen LogP contribution in [0.25, 0.3) is 10.2 Å². The van der Waals surface area contributed by atoms with Gasteiger partial charge in [0.15, 0.2) is 0 Å². The minimum Gasteiger partial charge on any atom is -0.351 e. The second-order valence-corrected chi connectivity index (χ2v) is 5.93. The van der Waals surface area contributed by atoms with Crippen LogP contribution >= 0.6 is 22.7 Å². The second kappa shape index (κ2) is 5.04. The molecule has 0 aromatic carbocycles. The van der Waals surface area contributed by atoms with Gasteiger partial charge in [-0.25, -0.2) is 9.97 Å². The molecule has 0 spiro atoms. The predicted octanol–water partition coefficient (Wildman–Crippen LogP) is 3.80. The summed E-state index contributed by atoms with van der Waals surface area (Å²) in [5.74, 6) is 0.715. The number of nitrogens with zero attached hydrogens (tertiary/aromatic N) is 2. The maximum Gasteiger partial charge on any atom is 0.224 e. The molecule has 1 N–H and O–H groups in total. The fraction of sp³-hybridized carbons (Fsp3) is 0.231. The molecule has 5 heteroatoms. The van der Waals surface area contributed by atoms with Gasteiger partial charge in [0.1, 0.15) is 4.83 Å². The molecule has 18 heavy (non-hydrogen) atoms. The lowest BCUT2D eigenvalue weighted by Crippen LogP contribution is -2.19. The van der Waals surface area contributed by atoms with Gasteiger partial charge in [-0.05, 0) is 47.2 Å². The van der Waals surface area contributed by atoms with E-state index in [0.717, 1.165) is 16.6 Å². The number of aromatic nitrogens is 2. The van der Waals surface area contributed by atoms with E-state index in [4.69, 9.17) is 0 Å². The molecular weight excluding hydrogens is 262 g/mol. The Bertz CT molecular complexity index is 631. The molecule has 0 amide bonds. The van der Waals surface area contributed by atoms with Crippen molar-refractivity contribution < 1.29 is 0 Å². The molecule has 3 nitrogen and oxygen atoms in total. The third-order valence-electron chi connectivity index (χ3n) is 2.71. The van der Waals surface area contributed by atoms with Crippen LogP contribution in [-0.2, 0) is 6.42 Å². The van der Waals surface area contributed by atoms with Crippen LogP contribution in [0.5, 0.6) is 0 Å². The van der Waals surface area contributed by atoms with E-state index in [9.17, 15) is 0 Å². The average molecular weight is 275 g/mol. The quantitative estimate of drug-likeness (QED) is 0.787. The Morgan fingerprint density at radius 1 is 1.33 bits per heavy atom. The van der Waals surface area contributed by atoms with Crippen LogP contribution in [0, 0.1) is 0 Å². The summed E-state index contributed by atoms with van der Waals surface area (Å²) in [4.78, 5) is 9.88. The normalized spacial score (nSPS) is 12.7. The monoisotopic (exact) mass is 275 g/mol. The average Bonchev–Trinajstić information content (AvgIpc) is 2.98. The smallest absolute Gasteiger partial charge is 0.224 e. The number of hydrogen-bond donors (Lipinski definition) is 1. The first-order chi connectivity index (χ1) is 8.81. The first-order valence-electron chi connectivity index (χ1n) is 5.79. The van der Waals surface area contributed by atoms with Crippen LogP contribution in [0.4, 0.5) is 5.95 Å². The van der Waals surface area contributed by atoms with Crippen LogP contribution < -0.4 is 5.32 Å². The van der Waals surface area contributed by atoms with Crippen molar-refractivity contribution in [1.29, 1.82) is 0 Å². The van der Waals surface area contributed by atoms with E-state index in [1.165, 1.54) is 5.56 Å². The lowest BCUT2D eigenvalue weighted by atomic mass is 10.1. The number of nitrogens with one attached hydrogen (secondary N) is 1. The summed E-state index contributed by atoms with van der Waals surface area (Å²) in [7, 11) is 0. The summed E-state index contributed by atoms with van der Waals surface area (Å²) in [6.45, 7) is 2.15. The van der Waals surface area contributed by atoms with Gasteiger partial charge in [-0.15, -0.1) is 11.3 Å². The van der Waals surface area contributed by atoms with Crippen LogP contribution in [0.2, 0.25) is 0 Å². The molecule has 1 atom stereocenters. The maximum atomic E-state index is 4.50. The standard InChI is InChI=1S/C13H13N3S2/c1-9(6-10-2-4-17-8-10)15-13-14-7-11-3-5-18-12(11)16-13/h2-5,7-9H,6H2,1H3,(H,14,15,16). The minimum atomic E-state index is 0.331. The Morgan fingerprint density at radius 3 is 3.11 bits per heavy atom. The molecule has 3 aromatic heterocycles. The first kappa shape index (κ1) is 11.6. The Balaban J connectivity index is 1.71. The van der Waals surface area contributed by atoms with E-state index in [0.29, 0.717) is 12.0 Å². The van der Waals surface area contributed by atoms with Crippen molar-refractivity contribution in [1.82, 2.24) is 9.97 Å². The van der Waals surface area contributed by atoms with E-state index in [1.807, 2.05) is 17.6 Å². The van der Waals surface area contributed by atoms with E-state index < -0.39 is 0 Å². The molecule has 92 valence electrons. The molecule has 0 saturated carbocycles. The fourth-order valence-electron chi connectivity index (χ4n) is 1.86. The molecule has 0 aliphatic rings. The number of anilines is 1. The van der Waals surface area contributed by atoms with Crippen molar-refractivity contribution in [2.24, 2.45) is 0 Å². The number of thiophene rings is 2. The Kier molecular flexibility index (Phi) is 3.25. The van der Waals surface area contributed by atoms with E-state index in [-0.39, 0.29) is 0 Å². The summed E-state index contributed by atoms with van der Waals surface area (Å²) >= 11 is 3.38. The zero-order chi connectivity index (χ0) is 12.4. The first-order valence-corrected chi connectivity index (χ1v) is 7.61. The van der Waals surface area contributed by atoms with E-state index >= 15 is 0 Å². The molecule has 3 rings (SSSR count). The topological polar surface area (TPSA) is 37.8 Å². The lowest BCUT2D eigenvalue weighted by molar-refractivity contribution is 0.781. The van der Waals surface area contributed by atoms with Gasteiger partial charge in [0.05, 0.1) is 0 Å². The molecule has 0 fully saturated rings. The van der Waals surface area contributed by atoms with Crippen molar-refractivity contribution >= 4 is 38.8 Å². The number of rotatable bonds is 4. The van der Waals surface area contributed by atoms with Crippen molar-refractivity contribution in [2.45, 2.75) is 19.4 Å². The molecule has 0 radical (unpaired) electrons. The van der Waals surface area contributed by atoms with Crippen LogP contribution in [0.15, 0.2) is 34.5 Å². The van der Waals surface area contributed by atoms with Gasteiger partial charge in [0, 0.05) is 17.6 Å². The Labute approximate surface area is 114 Å². The van der Waals surface area contributed by atoms with Gasteiger partial charge in [0.2, 0.25) is 5.95 Å². The highest BCUT2D eigenvalue weighted by molar-refractivity contribution is 7.16. The van der Waals surface area contributed by atoms with Gasteiger partial charge >= 0.3 is 0 Å². The summed E-state index contributed by atoms with van der Waals surface area (Å²) in [5.41, 5.74) is 1.36. The minimum absolute atomic E-state index is 0.331. The molecular formula is C13H13N3S2. The Morgan fingerprint density at radius 2 is 2.28 bits per heavy atom. The van der Waals surface area contributed by atoms with Crippen molar-refractivity contribution in [3.63, 3.8) is 0 Å². The molecule has 0 aliphatic carbocycles. The van der Waals surface area contributed by atoms with Crippen LogP contribution in [0.3, 0.4) is 0 Å². The van der Waals surface area contributed by atoms with Crippen molar-refractivity contribution in [2.75, 3.05) is 5.32 Å². The summed E-state index contributed by atoms with van der Waals surface area (Å²) in [5, 5.41) is 10.8. The molecule has 1 unspecified atom stereocenters. The zero-order valence-corrected chi connectivity index (χ0v) is 11.6. The molecule has 0 aliphatic heterocycles. The SMILES string of the molecule is CC(Cc1ccsc1)Nc1ncc2ccsc2n1. The van der Waals surface area contributed by atoms with Crippen molar-refractivity contribution in [3.8, 4) is 0 Å². The predicted molar refractivity (Wildman–Crippen MR) is 78.5 cm³/mol. The number of hydrogen-bond acceptors (Lipinski definition) is 5. The molecule has 3 heterocycles. The van der Waals surface area contributed by atoms with Crippen LogP contribution in [-0.4, -0.2) is 16.0 Å². The highest BCUT2D eigenvalue weighted by atomic mass is 32.1. The largest absolute Gasteiger partial charge is 0.351 e. The van der Waals surface area contributed by atoms with Crippen molar-refractivity contribution in [3.05, 3.63) is 40.0 Å². The third kappa shape index (κ3) is 2.52. The summed E-state index contributed by atoms with van der Waals surface area (Å²) in [6, 6.07) is 4.53. The zero-order valence-electron chi connectivity index (χ0n) is 9.96. The lowest BCUT2D eigenvalue weighted by Gasteiger charge is -2.12. The van der Waals surface area contributed by atoms with Gasteiger partial charge in [-0.1, -0.05) is 0 Å². The van der Waals surface area contributed by atoms with E-state index in [1.54, 1.807) is 22.7 Å². The summed E-state index contributed by atoms with van der Waals surface area (Å²) in [6.07, 6.45) is 2.87. The highest BCUT2D eigenvalue weighted by Crippen LogP contribution is 2.19. The number of fused-ring (bicyclic) bond motifs is 1. The van der Waals surface area contributed by atoms with Gasteiger partial charge in [0.25, 0.3) is 0 Å². The molecule has 0 bridgehead atoms. The van der Waals surface area contributed by atoms with E-state index in [2.05, 4.69) is 39.0 Å². The second-order valence-electron chi connectivity index (χ2n) is 4.26.